The van der Waals surface area contributed by atoms with Crippen LogP contribution in [0.4, 0.5) is 5.69 Å². The minimum atomic E-state index is -0.382. The lowest BCUT2D eigenvalue weighted by molar-refractivity contribution is -0.138. The number of nitrogens with zero attached hydrogens (tertiary/aromatic N) is 1. The molecule has 0 aliphatic carbocycles. The van der Waals surface area contributed by atoms with E-state index in [0.29, 0.717) is 24.5 Å². The number of anilines is 1. The number of benzene rings is 3. The average molecular weight is 463 g/mol. The number of ether oxygens (including phenoxy) is 1. The molecule has 4 rings (SSSR count). The third kappa shape index (κ3) is 3.85. The van der Waals surface area contributed by atoms with Crippen molar-refractivity contribution in [3.8, 4) is 0 Å². The van der Waals surface area contributed by atoms with E-state index in [4.69, 9.17) is 10.5 Å². The molecule has 0 aromatic heterocycles. The van der Waals surface area contributed by atoms with Crippen molar-refractivity contribution in [3.63, 3.8) is 0 Å². The number of nitrogens with two attached hydrogens (primary N) is 1. The Morgan fingerprint density at radius 1 is 1.03 bits per heavy atom. The van der Waals surface area contributed by atoms with E-state index in [9.17, 15) is 4.79 Å². The molecule has 1 aliphatic heterocycles. The first-order chi connectivity index (χ1) is 14.6. The van der Waals surface area contributed by atoms with E-state index >= 15 is 0 Å². The van der Waals surface area contributed by atoms with E-state index in [0.717, 1.165) is 26.9 Å². The number of hydrogen-bond acceptors (Lipinski definition) is 4. The first-order valence-corrected chi connectivity index (χ1v) is 10.7. The summed E-state index contributed by atoms with van der Waals surface area (Å²) in [6.45, 7) is 2.66. The zero-order valence-electron chi connectivity index (χ0n) is 16.7. The molecule has 0 fully saturated rings. The van der Waals surface area contributed by atoms with Crippen LogP contribution >= 0.6 is 15.9 Å². The Morgan fingerprint density at radius 2 is 1.70 bits per heavy atom. The molecule has 3 aromatic carbocycles. The van der Waals surface area contributed by atoms with Crippen LogP contribution in [-0.2, 0) is 16.1 Å². The maximum absolute atomic E-state index is 13.1. The number of hydrogen-bond donors (Lipinski definition) is 1. The molecule has 1 unspecified atom stereocenters. The predicted molar refractivity (Wildman–Crippen MR) is 123 cm³/mol. The number of fused-ring (bicyclic) bond motifs is 1. The highest BCUT2D eigenvalue weighted by Gasteiger charge is 2.37. The van der Waals surface area contributed by atoms with Gasteiger partial charge in [0.15, 0.2) is 0 Å². The molecular formula is C25H23BrN2O2. The van der Waals surface area contributed by atoms with Crippen LogP contribution in [0.3, 0.4) is 0 Å². The van der Waals surface area contributed by atoms with Gasteiger partial charge in [-0.1, -0.05) is 76.6 Å². The summed E-state index contributed by atoms with van der Waals surface area (Å²) < 4.78 is 6.38. The Balaban J connectivity index is 1.92. The lowest BCUT2D eigenvalue weighted by Crippen LogP contribution is -2.37. The number of carbonyl (C=O) groups is 1. The summed E-state index contributed by atoms with van der Waals surface area (Å²) in [5.74, 6) is -0.252. The Kier molecular flexibility index (Phi) is 5.91. The standard InChI is InChI=1S/C25H23BrN2O2/c1-2-30-25(29)23-22(18-11-7-4-8-12-18)20-15-19(26)13-14-21(20)28(24(23)27)16-17-9-5-3-6-10-17/h3-15,22H,2,16,27H2,1H3. The van der Waals surface area contributed by atoms with Gasteiger partial charge < -0.3 is 15.4 Å². The average Bonchev–Trinajstić information content (AvgIpc) is 2.76. The molecule has 0 saturated carbocycles. The van der Waals surface area contributed by atoms with Crippen molar-refractivity contribution >= 4 is 27.6 Å². The molecule has 30 heavy (non-hydrogen) atoms. The highest BCUT2D eigenvalue weighted by atomic mass is 79.9. The zero-order chi connectivity index (χ0) is 21.1. The van der Waals surface area contributed by atoms with Crippen LogP contribution in [0.5, 0.6) is 0 Å². The number of rotatable bonds is 5. The normalized spacial score (nSPS) is 15.7. The van der Waals surface area contributed by atoms with Crippen LogP contribution in [0.15, 0.2) is 94.7 Å². The fraction of sp³-hybridized carbons (Fsp3) is 0.160. The van der Waals surface area contributed by atoms with Gasteiger partial charge in [0.2, 0.25) is 0 Å². The summed E-state index contributed by atoms with van der Waals surface area (Å²) in [6, 6.07) is 26.2. The Bertz CT molecular complexity index is 1080. The number of esters is 1. The molecule has 5 heteroatoms. The van der Waals surface area contributed by atoms with Crippen LogP contribution in [-0.4, -0.2) is 12.6 Å². The summed E-state index contributed by atoms with van der Waals surface area (Å²) in [4.78, 5) is 15.1. The minimum absolute atomic E-state index is 0.293. The van der Waals surface area contributed by atoms with Crippen molar-refractivity contribution in [1.82, 2.24) is 0 Å². The van der Waals surface area contributed by atoms with E-state index in [1.807, 2.05) is 65.6 Å². The van der Waals surface area contributed by atoms with Crippen LogP contribution in [0, 0.1) is 0 Å². The maximum Gasteiger partial charge on any atom is 0.338 e. The molecule has 152 valence electrons. The summed E-state index contributed by atoms with van der Waals surface area (Å²) in [5.41, 5.74) is 11.3. The third-order valence-corrected chi connectivity index (χ3v) is 5.75. The second-order valence-corrected chi connectivity index (χ2v) is 8.05. The van der Waals surface area contributed by atoms with Gasteiger partial charge in [-0.25, -0.2) is 4.79 Å². The molecule has 0 radical (unpaired) electrons. The van der Waals surface area contributed by atoms with Gasteiger partial charge in [0, 0.05) is 22.6 Å². The molecule has 0 saturated heterocycles. The topological polar surface area (TPSA) is 55.6 Å². The van der Waals surface area contributed by atoms with Crippen molar-refractivity contribution in [3.05, 3.63) is 111 Å². The quantitative estimate of drug-likeness (QED) is 0.520. The summed E-state index contributed by atoms with van der Waals surface area (Å²) in [6.07, 6.45) is 0. The lowest BCUT2D eigenvalue weighted by atomic mass is 9.81. The molecule has 1 atom stereocenters. The van der Waals surface area contributed by atoms with Gasteiger partial charge in [-0.3, -0.25) is 0 Å². The van der Waals surface area contributed by atoms with E-state index < -0.39 is 0 Å². The Morgan fingerprint density at radius 3 is 2.37 bits per heavy atom. The van der Waals surface area contributed by atoms with Crippen molar-refractivity contribution in [2.75, 3.05) is 11.5 Å². The minimum Gasteiger partial charge on any atom is -0.463 e. The van der Waals surface area contributed by atoms with Gasteiger partial charge in [0.05, 0.1) is 12.2 Å². The predicted octanol–water partition coefficient (Wildman–Crippen LogP) is 5.33. The van der Waals surface area contributed by atoms with Gasteiger partial charge in [-0.2, -0.15) is 0 Å². The number of carbonyl (C=O) groups excluding carboxylic acids is 1. The molecule has 1 heterocycles. The van der Waals surface area contributed by atoms with E-state index in [1.54, 1.807) is 6.92 Å². The molecule has 0 amide bonds. The van der Waals surface area contributed by atoms with Gasteiger partial charge >= 0.3 is 5.97 Å². The third-order valence-electron chi connectivity index (χ3n) is 5.26. The second-order valence-electron chi connectivity index (χ2n) is 7.14. The van der Waals surface area contributed by atoms with Gasteiger partial charge in [0.25, 0.3) is 0 Å². The Labute approximate surface area is 185 Å². The van der Waals surface area contributed by atoms with Crippen LogP contribution in [0.2, 0.25) is 0 Å². The molecule has 4 nitrogen and oxygen atoms in total. The Hall–Kier alpha value is -3.05. The van der Waals surface area contributed by atoms with Crippen LogP contribution in [0.25, 0.3) is 0 Å². The summed E-state index contributed by atoms with van der Waals surface area (Å²) in [5, 5.41) is 0. The number of halogens is 1. The van der Waals surface area contributed by atoms with Crippen molar-refractivity contribution < 1.29 is 9.53 Å². The summed E-state index contributed by atoms with van der Waals surface area (Å²) >= 11 is 3.60. The van der Waals surface area contributed by atoms with Crippen LogP contribution in [0.1, 0.15) is 29.5 Å². The molecule has 1 aliphatic rings. The fourth-order valence-corrected chi connectivity index (χ4v) is 4.32. The first kappa shape index (κ1) is 20.2. The van der Waals surface area contributed by atoms with Gasteiger partial charge in [0.1, 0.15) is 5.82 Å². The van der Waals surface area contributed by atoms with E-state index in [2.05, 4.69) is 34.1 Å². The van der Waals surface area contributed by atoms with Crippen molar-refractivity contribution in [2.45, 2.75) is 19.4 Å². The lowest BCUT2D eigenvalue weighted by Gasteiger charge is -2.37. The van der Waals surface area contributed by atoms with Crippen molar-refractivity contribution in [2.24, 2.45) is 5.73 Å². The zero-order valence-corrected chi connectivity index (χ0v) is 18.3. The van der Waals surface area contributed by atoms with Crippen LogP contribution < -0.4 is 10.6 Å². The highest BCUT2D eigenvalue weighted by Crippen LogP contribution is 2.45. The molecule has 0 bridgehead atoms. The second kappa shape index (κ2) is 8.76. The molecular weight excluding hydrogens is 440 g/mol. The SMILES string of the molecule is CCOC(=O)C1=C(N)N(Cc2ccccc2)c2ccc(Br)cc2C1c1ccccc1. The van der Waals surface area contributed by atoms with Gasteiger partial charge in [-0.05, 0) is 41.8 Å². The van der Waals surface area contributed by atoms with E-state index in [1.165, 1.54) is 0 Å². The largest absolute Gasteiger partial charge is 0.463 e. The molecule has 2 N–H and O–H groups in total. The molecule has 3 aromatic rings. The van der Waals surface area contributed by atoms with Crippen molar-refractivity contribution in [1.29, 1.82) is 0 Å². The maximum atomic E-state index is 13.1. The monoisotopic (exact) mass is 462 g/mol. The first-order valence-electron chi connectivity index (χ1n) is 9.92. The highest BCUT2D eigenvalue weighted by molar-refractivity contribution is 9.10. The smallest absolute Gasteiger partial charge is 0.338 e. The van der Waals surface area contributed by atoms with E-state index in [-0.39, 0.29) is 11.9 Å². The van der Waals surface area contributed by atoms with Gasteiger partial charge in [-0.15, -0.1) is 0 Å². The fourth-order valence-electron chi connectivity index (χ4n) is 3.94. The summed E-state index contributed by atoms with van der Waals surface area (Å²) in [7, 11) is 0. The molecule has 0 spiro atoms.